The molecule has 0 fully saturated rings. The molecule has 1 heteroatoms. The molecule has 1 aromatic rings. The first-order chi connectivity index (χ1) is 22.7. The second-order valence-corrected chi connectivity index (χ2v) is 16.0. The Balaban J connectivity index is 1.35. The Morgan fingerprint density at radius 2 is 0.804 bits per heavy atom. The lowest BCUT2D eigenvalue weighted by Crippen LogP contribution is -2.19. The average molecular weight is 694 g/mol. The Kier molecular flexibility index (Phi) is 21.4. The van der Waals surface area contributed by atoms with Crippen LogP contribution in [-0.4, -0.2) is 0 Å². The lowest BCUT2D eigenvalue weighted by Gasteiger charge is -2.33. The Hall–Kier alpha value is -1.08. The van der Waals surface area contributed by atoms with Gasteiger partial charge in [-0.05, 0) is 41.2 Å². The van der Waals surface area contributed by atoms with Gasteiger partial charge in [0.1, 0.15) is 0 Å². The number of hydrogen-bond acceptors (Lipinski definition) is 0. The van der Waals surface area contributed by atoms with Crippen molar-refractivity contribution >= 4 is 27.6 Å². The molecule has 0 amide bonds. The minimum absolute atomic E-state index is 0.206. The highest BCUT2D eigenvalue weighted by Gasteiger charge is 2.33. The molecule has 46 heavy (non-hydrogen) atoms. The molecule has 3 rings (SSSR count). The second kappa shape index (κ2) is 25.0. The summed E-state index contributed by atoms with van der Waals surface area (Å²) >= 11 is 4.05. The first-order valence-corrected chi connectivity index (χ1v) is 21.4. The molecule has 2 aliphatic rings. The molecule has 2 aliphatic carbocycles. The van der Waals surface area contributed by atoms with E-state index in [4.69, 9.17) is 0 Å². The van der Waals surface area contributed by atoms with E-state index in [1.807, 2.05) is 0 Å². The summed E-state index contributed by atoms with van der Waals surface area (Å²) < 4.78 is 1.33. The summed E-state index contributed by atoms with van der Waals surface area (Å²) in [6, 6.07) is 9.01. The molecule has 1 aromatic carbocycles. The van der Waals surface area contributed by atoms with E-state index < -0.39 is 0 Å². The third-order valence-electron chi connectivity index (χ3n) is 10.9. The van der Waals surface area contributed by atoms with E-state index in [1.165, 1.54) is 219 Å². The van der Waals surface area contributed by atoms with E-state index in [0.717, 1.165) is 0 Å². The molecule has 0 radical (unpaired) electrons. The van der Waals surface area contributed by atoms with Crippen LogP contribution in [0.15, 0.2) is 46.5 Å². The van der Waals surface area contributed by atoms with E-state index >= 15 is 0 Å². The van der Waals surface area contributed by atoms with Crippen molar-refractivity contribution in [1.29, 1.82) is 0 Å². The second-order valence-electron chi connectivity index (χ2n) is 15.1. The van der Waals surface area contributed by atoms with Gasteiger partial charge in [-0.1, -0.05) is 246 Å². The SMILES string of the molecule is CCCCCCCCCCCCCCCCC1(CCCCCCCCCCCCCCCC)C=C(Br)C2=Cc3ccccc3C2=C1. The van der Waals surface area contributed by atoms with Crippen molar-refractivity contribution in [2.75, 3.05) is 0 Å². The van der Waals surface area contributed by atoms with Crippen LogP contribution in [0.2, 0.25) is 0 Å². The van der Waals surface area contributed by atoms with E-state index in [-0.39, 0.29) is 5.41 Å². The Morgan fingerprint density at radius 1 is 0.435 bits per heavy atom. The van der Waals surface area contributed by atoms with Gasteiger partial charge in [-0.15, -0.1) is 0 Å². The van der Waals surface area contributed by atoms with E-state index in [2.05, 4.69) is 72.3 Å². The van der Waals surface area contributed by atoms with Gasteiger partial charge in [0.15, 0.2) is 0 Å². The molecule has 0 unspecified atom stereocenters. The first-order valence-electron chi connectivity index (χ1n) is 20.6. The van der Waals surface area contributed by atoms with E-state index in [9.17, 15) is 0 Å². The molecule has 0 saturated heterocycles. The lowest BCUT2D eigenvalue weighted by atomic mass is 9.72. The van der Waals surface area contributed by atoms with Gasteiger partial charge < -0.3 is 0 Å². The quantitative estimate of drug-likeness (QED) is 0.0704. The van der Waals surface area contributed by atoms with Crippen LogP contribution in [0.1, 0.15) is 218 Å². The van der Waals surface area contributed by atoms with Gasteiger partial charge in [-0.3, -0.25) is 0 Å². The van der Waals surface area contributed by atoms with Crippen molar-refractivity contribution in [3.8, 4) is 0 Å². The minimum Gasteiger partial charge on any atom is -0.0660 e. The summed E-state index contributed by atoms with van der Waals surface area (Å²) in [5, 5.41) is 0. The topological polar surface area (TPSA) is 0 Å². The molecular formula is C45H73Br. The zero-order chi connectivity index (χ0) is 32.5. The summed E-state index contributed by atoms with van der Waals surface area (Å²) in [5.41, 5.74) is 5.92. The van der Waals surface area contributed by atoms with Crippen LogP contribution in [-0.2, 0) is 0 Å². The van der Waals surface area contributed by atoms with Gasteiger partial charge in [-0.2, -0.15) is 0 Å². The molecule has 0 heterocycles. The summed E-state index contributed by atoms with van der Waals surface area (Å²) in [4.78, 5) is 0. The van der Waals surface area contributed by atoms with Gasteiger partial charge in [-0.25, -0.2) is 0 Å². The Morgan fingerprint density at radius 3 is 1.22 bits per heavy atom. The number of hydrogen-bond donors (Lipinski definition) is 0. The van der Waals surface area contributed by atoms with Crippen LogP contribution in [0, 0.1) is 5.41 Å². The molecule has 0 aromatic heterocycles. The van der Waals surface area contributed by atoms with Crippen LogP contribution in [0.25, 0.3) is 11.6 Å². The fourth-order valence-corrected chi connectivity index (χ4v) is 8.75. The summed E-state index contributed by atoms with van der Waals surface area (Å²) in [6.45, 7) is 4.62. The van der Waals surface area contributed by atoms with Crippen LogP contribution in [0.4, 0.5) is 0 Å². The molecular weight excluding hydrogens is 620 g/mol. The third-order valence-corrected chi connectivity index (χ3v) is 11.6. The molecule has 0 saturated carbocycles. The standard InChI is InChI=1S/C45H73Br/c1-3-5-7-9-11-13-15-17-19-21-23-25-27-31-35-45(36-32-28-26-24-22-20-18-16-14-12-10-8-6-4-2)38-43-41-34-30-29-33-40(41)37-42(43)44(46)39-45/h29-30,33-34,37-39H,3-28,31-32,35-36H2,1-2H3. The summed E-state index contributed by atoms with van der Waals surface area (Å²) in [6.07, 6.45) is 50.4. The summed E-state index contributed by atoms with van der Waals surface area (Å²) in [7, 11) is 0. The van der Waals surface area contributed by atoms with Gasteiger partial charge >= 0.3 is 0 Å². The third kappa shape index (κ3) is 15.4. The van der Waals surface area contributed by atoms with Gasteiger partial charge in [0.25, 0.3) is 0 Å². The molecule has 0 nitrogen and oxygen atoms in total. The van der Waals surface area contributed by atoms with Crippen LogP contribution in [0.3, 0.4) is 0 Å². The minimum atomic E-state index is 0.206. The van der Waals surface area contributed by atoms with Crippen molar-refractivity contribution in [3.05, 3.63) is 57.6 Å². The molecule has 0 spiro atoms. The highest BCUT2D eigenvalue weighted by atomic mass is 79.9. The van der Waals surface area contributed by atoms with Crippen molar-refractivity contribution in [2.24, 2.45) is 5.41 Å². The largest absolute Gasteiger partial charge is 0.0660 e. The zero-order valence-corrected chi connectivity index (χ0v) is 32.2. The number of benzene rings is 1. The highest BCUT2D eigenvalue weighted by Crippen LogP contribution is 2.51. The van der Waals surface area contributed by atoms with Crippen LogP contribution < -0.4 is 0 Å². The van der Waals surface area contributed by atoms with Crippen LogP contribution >= 0.6 is 15.9 Å². The maximum absolute atomic E-state index is 4.05. The number of unbranched alkanes of at least 4 members (excludes halogenated alkanes) is 26. The number of allylic oxidation sites excluding steroid dienone is 5. The smallest absolute Gasteiger partial charge is 0.0222 e. The fourth-order valence-electron chi connectivity index (χ4n) is 7.97. The average Bonchev–Trinajstić information content (AvgIpc) is 3.44. The predicted molar refractivity (Wildman–Crippen MR) is 212 cm³/mol. The van der Waals surface area contributed by atoms with Gasteiger partial charge in [0, 0.05) is 9.90 Å². The normalized spacial score (nSPS) is 15.0. The monoisotopic (exact) mass is 692 g/mol. The summed E-state index contributed by atoms with van der Waals surface area (Å²) in [5.74, 6) is 0. The van der Waals surface area contributed by atoms with Crippen molar-refractivity contribution in [1.82, 2.24) is 0 Å². The molecule has 0 aliphatic heterocycles. The van der Waals surface area contributed by atoms with E-state index in [0.29, 0.717) is 0 Å². The number of halogens is 1. The van der Waals surface area contributed by atoms with Crippen molar-refractivity contribution < 1.29 is 0 Å². The maximum atomic E-state index is 4.05. The number of fused-ring (bicyclic) bond motifs is 3. The highest BCUT2D eigenvalue weighted by molar-refractivity contribution is 9.12. The Labute approximate surface area is 295 Å². The predicted octanol–water partition coefficient (Wildman–Crippen LogP) is 16.5. The van der Waals surface area contributed by atoms with Crippen molar-refractivity contribution in [3.63, 3.8) is 0 Å². The lowest BCUT2D eigenvalue weighted by molar-refractivity contribution is 0.369. The van der Waals surface area contributed by atoms with Crippen molar-refractivity contribution in [2.45, 2.75) is 206 Å². The number of rotatable bonds is 30. The zero-order valence-electron chi connectivity index (χ0n) is 30.6. The van der Waals surface area contributed by atoms with Gasteiger partial charge in [0.05, 0.1) is 0 Å². The fraction of sp³-hybridized carbons (Fsp3) is 0.733. The van der Waals surface area contributed by atoms with Crippen LogP contribution in [0.5, 0.6) is 0 Å². The molecule has 0 N–H and O–H groups in total. The maximum Gasteiger partial charge on any atom is 0.0222 e. The first kappa shape index (κ1) is 39.4. The molecule has 0 atom stereocenters. The van der Waals surface area contributed by atoms with E-state index in [1.54, 1.807) is 0 Å². The molecule has 260 valence electrons. The molecule has 0 bridgehead atoms. The van der Waals surface area contributed by atoms with Gasteiger partial charge in [0.2, 0.25) is 0 Å². The Bertz CT molecular complexity index is 978.